The van der Waals surface area contributed by atoms with Gasteiger partial charge < -0.3 is 10.1 Å². The second kappa shape index (κ2) is 5.35. The fourth-order valence-corrected chi connectivity index (χ4v) is 2.57. The summed E-state index contributed by atoms with van der Waals surface area (Å²) in [5.41, 5.74) is 1.76. The standard InChI is InChI=1S/C13H15FN2OS/c1-8-13(18-9(2)16-8)7-15-10-4-5-12(17-3)11(14)6-10/h4-6,15H,7H2,1-3H3. The van der Waals surface area contributed by atoms with Crippen LogP contribution in [0.1, 0.15) is 15.6 Å². The fourth-order valence-electron chi connectivity index (χ4n) is 1.70. The van der Waals surface area contributed by atoms with Gasteiger partial charge in [-0.25, -0.2) is 9.37 Å². The van der Waals surface area contributed by atoms with Gasteiger partial charge in [-0.3, -0.25) is 0 Å². The predicted octanol–water partition coefficient (Wildman–Crippen LogP) is 3.52. The molecule has 3 nitrogen and oxygen atoms in total. The lowest BCUT2D eigenvalue weighted by Gasteiger charge is -2.07. The van der Waals surface area contributed by atoms with E-state index in [0.717, 1.165) is 16.4 Å². The number of hydrogen-bond donors (Lipinski definition) is 1. The monoisotopic (exact) mass is 266 g/mol. The highest BCUT2D eigenvalue weighted by atomic mass is 32.1. The zero-order chi connectivity index (χ0) is 13.1. The summed E-state index contributed by atoms with van der Waals surface area (Å²) < 4.78 is 18.4. The first-order chi connectivity index (χ1) is 8.60. The van der Waals surface area contributed by atoms with E-state index in [4.69, 9.17) is 4.74 Å². The molecule has 5 heteroatoms. The SMILES string of the molecule is COc1ccc(NCc2sc(C)nc2C)cc1F. The number of nitrogens with one attached hydrogen (secondary N) is 1. The summed E-state index contributed by atoms with van der Waals surface area (Å²) in [6.07, 6.45) is 0. The third-order valence-corrected chi connectivity index (χ3v) is 3.68. The topological polar surface area (TPSA) is 34.1 Å². The molecule has 0 saturated heterocycles. The highest BCUT2D eigenvalue weighted by molar-refractivity contribution is 7.11. The maximum atomic E-state index is 13.5. The Morgan fingerprint density at radius 3 is 2.72 bits per heavy atom. The van der Waals surface area contributed by atoms with E-state index < -0.39 is 0 Å². The number of anilines is 1. The van der Waals surface area contributed by atoms with Crippen molar-refractivity contribution in [2.24, 2.45) is 0 Å². The summed E-state index contributed by atoms with van der Waals surface area (Å²) in [6, 6.07) is 4.84. The van der Waals surface area contributed by atoms with Crippen molar-refractivity contribution in [3.05, 3.63) is 39.6 Å². The van der Waals surface area contributed by atoms with Crippen LogP contribution in [0.25, 0.3) is 0 Å². The van der Waals surface area contributed by atoms with Gasteiger partial charge in [0.15, 0.2) is 11.6 Å². The highest BCUT2D eigenvalue weighted by Crippen LogP contribution is 2.22. The molecule has 0 atom stereocenters. The van der Waals surface area contributed by atoms with Gasteiger partial charge in [-0.2, -0.15) is 0 Å². The largest absolute Gasteiger partial charge is 0.494 e. The first-order valence-electron chi connectivity index (χ1n) is 5.60. The smallest absolute Gasteiger partial charge is 0.167 e. The fraction of sp³-hybridized carbons (Fsp3) is 0.308. The van der Waals surface area contributed by atoms with E-state index in [2.05, 4.69) is 10.3 Å². The summed E-state index contributed by atoms with van der Waals surface area (Å²) >= 11 is 1.65. The lowest BCUT2D eigenvalue weighted by atomic mass is 10.3. The zero-order valence-electron chi connectivity index (χ0n) is 10.6. The van der Waals surface area contributed by atoms with E-state index in [-0.39, 0.29) is 11.6 Å². The second-order valence-electron chi connectivity index (χ2n) is 3.94. The average Bonchev–Trinajstić information content (AvgIpc) is 2.65. The van der Waals surface area contributed by atoms with Gasteiger partial charge in [0.05, 0.1) is 24.4 Å². The van der Waals surface area contributed by atoms with E-state index >= 15 is 0 Å². The van der Waals surface area contributed by atoms with Crippen LogP contribution >= 0.6 is 11.3 Å². The zero-order valence-corrected chi connectivity index (χ0v) is 11.4. The van der Waals surface area contributed by atoms with Crippen molar-refractivity contribution in [2.45, 2.75) is 20.4 Å². The van der Waals surface area contributed by atoms with Gasteiger partial charge in [0.2, 0.25) is 0 Å². The highest BCUT2D eigenvalue weighted by Gasteiger charge is 2.06. The Morgan fingerprint density at radius 1 is 1.39 bits per heavy atom. The maximum Gasteiger partial charge on any atom is 0.167 e. The molecule has 18 heavy (non-hydrogen) atoms. The number of thiazole rings is 1. The minimum absolute atomic E-state index is 0.255. The first-order valence-corrected chi connectivity index (χ1v) is 6.42. The van der Waals surface area contributed by atoms with Crippen LogP contribution in [0.5, 0.6) is 5.75 Å². The molecule has 0 aliphatic rings. The quantitative estimate of drug-likeness (QED) is 0.919. The normalized spacial score (nSPS) is 10.4. The second-order valence-corrected chi connectivity index (χ2v) is 5.23. The van der Waals surface area contributed by atoms with E-state index in [0.29, 0.717) is 6.54 Å². The molecule has 0 bridgehead atoms. The molecule has 0 unspecified atom stereocenters. The molecule has 1 aromatic carbocycles. The van der Waals surface area contributed by atoms with Crippen molar-refractivity contribution >= 4 is 17.0 Å². The lowest BCUT2D eigenvalue weighted by Crippen LogP contribution is -2.00. The number of methoxy groups -OCH3 is 1. The Bertz CT molecular complexity index is 554. The van der Waals surface area contributed by atoms with E-state index in [9.17, 15) is 4.39 Å². The maximum absolute atomic E-state index is 13.5. The number of hydrogen-bond acceptors (Lipinski definition) is 4. The van der Waals surface area contributed by atoms with Crippen molar-refractivity contribution in [2.75, 3.05) is 12.4 Å². The molecule has 96 valence electrons. The number of benzene rings is 1. The molecule has 0 aliphatic heterocycles. The van der Waals surface area contributed by atoms with Crippen LogP contribution in [0, 0.1) is 19.7 Å². The summed E-state index contributed by atoms with van der Waals surface area (Å²) in [5, 5.41) is 4.23. The third-order valence-electron chi connectivity index (χ3n) is 2.60. The molecular formula is C13H15FN2OS. The number of ether oxygens (including phenoxy) is 1. The summed E-state index contributed by atoms with van der Waals surface area (Å²) in [6.45, 7) is 4.62. The Hall–Kier alpha value is -1.62. The Balaban J connectivity index is 2.06. The number of aryl methyl sites for hydroxylation is 2. The van der Waals surface area contributed by atoms with Crippen LogP contribution in [-0.4, -0.2) is 12.1 Å². The van der Waals surface area contributed by atoms with Crippen molar-refractivity contribution in [3.63, 3.8) is 0 Å². The molecular weight excluding hydrogens is 251 g/mol. The van der Waals surface area contributed by atoms with Crippen LogP contribution in [0.2, 0.25) is 0 Å². The molecule has 1 N–H and O–H groups in total. The van der Waals surface area contributed by atoms with Gasteiger partial charge in [-0.15, -0.1) is 11.3 Å². The van der Waals surface area contributed by atoms with Crippen LogP contribution in [0.3, 0.4) is 0 Å². The minimum atomic E-state index is -0.361. The molecule has 0 fully saturated rings. The molecule has 2 rings (SSSR count). The molecule has 0 saturated carbocycles. The average molecular weight is 266 g/mol. The van der Waals surface area contributed by atoms with Gasteiger partial charge in [-0.05, 0) is 26.0 Å². The van der Waals surface area contributed by atoms with Crippen LogP contribution in [0.15, 0.2) is 18.2 Å². The van der Waals surface area contributed by atoms with E-state index in [1.54, 1.807) is 23.5 Å². The molecule has 1 aromatic heterocycles. The first kappa shape index (κ1) is 12.8. The van der Waals surface area contributed by atoms with Crippen LogP contribution in [0.4, 0.5) is 10.1 Å². The van der Waals surface area contributed by atoms with Gasteiger partial charge in [0, 0.05) is 16.6 Å². The number of rotatable bonds is 4. The Morgan fingerprint density at radius 2 is 2.17 bits per heavy atom. The molecule has 0 aliphatic carbocycles. The van der Waals surface area contributed by atoms with Gasteiger partial charge in [-0.1, -0.05) is 0 Å². The van der Waals surface area contributed by atoms with Crippen molar-refractivity contribution < 1.29 is 9.13 Å². The lowest BCUT2D eigenvalue weighted by molar-refractivity contribution is 0.386. The van der Waals surface area contributed by atoms with E-state index in [1.807, 2.05) is 13.8 Å². The molecule has 0 amide bonds. The molecule has 0 spiro atoms. The number of aromatic nitrogens is 1. The Kier molecular flexibility index (Phi) is 3.81. The third kappa shape index (κ3) is 2.79. The van der Waals surface area contributed by atoms with E-state index in [1.165, 1.54) is 18.1 Å². The van der Waals surface area contributed by atoms with Crippen LogP contribution in [-0.2, 0) is 6.54 Å². The summed E-state index contributed by atoms with van der Waals surface area (Å²) in [5.74, 6) is -0.106. The van der Waals surface area contributed by atoms with Crippen molar-refractivity contribution in [1.82, 2.24) is 4.98 Å². The van der Waals surface area contributed by atoms with Crippen molar-refractivity contribution in [1.29, 1.82) is 0 Å². The van der Waals surface area contributed by atoms with Gasteiger partial charge in [0.1, 0.15) is 0 Å². The molecule has 0 radical (unpaired) electrons. The molecule has 1 heterocycles. The summed E-state index contributed by atoms with van der Waals surface area (Å²) in [4.78, 5) is 5.52. The van der Waals surface area contributed by atoms with Crippen LogP contribution < -0.4 is 10.1 Å². The summed E-state index contributed by atoms with van der Waals surface area (Å²) in [7, 11) is 1.45. The van der Waals surface area contributed by atoms with Crippen molar-refractivity contribution in [3.8, 4) is 5.75 Å². The van der Waals surface area contributed by atoms with Gasteiger partial charge >= 0.3 is 0 Å². The number of nitrogens with zero attached hydrogens (tertiary/aromatic N) is 1. The Labute approximate surface area is 110 Å². The van der Waals surface area contributed by atoms with Gasteiger partial charge in [0.25, 0.3) is 0 Å². The number of halogens is 1. The molecule has 2 aromatic rings. The predicted molar refractivity (Wildman–Crippen MR) is 71.9 cm³/mol. The minimum Gasteiger partial charge on any atom is -0.494 e.